The number of rotatable bonds is 7. The quantitative estimate of drug-likeness (QED) is 0.328. The van der Waals surface area contributed by atoms with Crippen LogP contribution in [0.1, 0.15) is 39.2 Å². The smallest absolute Gasteiger partial charge is 0.409 e. The largest absolute Gasteiger partial charge is 0.493 e. The molecule has 1 saturated heterocycles. The van der Waals surface area contributed by atoms with E-state index >= 15 is 0 Å². The van der Waals surface area contributed by atoms with Crippen LogP contribution in [0.5, 0.6) is 5.75 Å². The second-order valence-electron chi connectivity index (χ2n) is 7.38. The number of aliphatic imine (C=N–C) groups is 1. The molecule has 0 spiro atoms. The minimum absolute atomic E-state index is 0. The Morgan fingerprint density at radius 3 is 2.45 bits per heavy atom. The molecule has 0 radical (unpaired) electrons. The number of likely N-dealkylation sites (tertiary alicyclic amines) is 1. The SMILES string of the molecule is CCOC(=O)N1CCC(NC(=NC)NCc2ccc(OCC(C)C)cc2)CC1.I. The van der Waals surface area contributed by atoms with Gasteiger partial charge in [0.2, 0.25) is 0 Å². The van der Waals surface area contributed by atoms with Gasteiger partial charge in [0.1, 0.15) is 5.75 Å². The first-order valence-corrected chi connectivity index (χ1v) is 10.1. The molecule has 1 aromatic rings. The topological polar surface area (TPSA) is 75.2 Å². The fourth-order valence-corrected chi connectivity index (χ4v) is 2.96. The van der Waals surface area contributed by atoms with Crippen LogP contribution in [0.15, 0.2) is 29.3 Å². The summed E-state index contributed by atoms with van der Waals surface area (Å²) in [5.74, 6) is 2.18. The molecule has 164 valence electrons. The standard InChI is InChI=1S/C21H34N4O3.HI/c1-5-27-21(26)25-12-10-18(11-13-25)24-20(22-4)23-14-17-6-8-19(9-7-17)28-15-16(2)3;/h6-9,16,18H,5,10-15H2,1-4H3,(H2,22,23,24);1H. The van der Waals surface area contributed by atoms with Crippen LogP contribution < -0.4 is 15.4 Å². The lowest BCUT2D eigenvalue weighted by atomic mass is 10.1. The second kappa shape index (κ2) is 13.5. The van der Waals surface area contributed by atoms with Gasteiger partial charge in [-0.25, -0.2) is 4.79 Å². The molecule has 0 saturated carbocycles. The molecule has 1 heterocycles. The summed E-state index contributed by atoms with van der Waals surface area (Å²) in [6.45, 7) is 9.33. The maximum absolute atomic E-state index is 11.8. The molecule has 0 aliphatic carbocycles. The summed E-state index contributed by atoms with van der Waals surface area (Å²) < 4.78 is 10.8. The van der Waals surface area contributed by atoms with Gasteiger partial charge in [-0.1, -0.05) is 26.0 Å². The van der Waals surface area contributed by atoms with Crippen molar-refractivity contribution in [3.63, 3.8) is 0 Å². The van der Waals surface area contributed by atoms with Crippen LogP contribution >= 0.6 is 24.0 Å². The summed E-state index contributed by atoms with van der Waals surface area (Å²) in [7, 11) is 1.77. The second-order valence-corrected chi connectivity index (χ2v) is 7.38. The number of ether oxygens (including phenoxy) is 2. The number of piperidine rings is 1. The monoisotopic (exact) mass is 518 g/mol. The van der Waals surface area contributed by atoms with Gasteiger partial charge in [0, 0.05) is 32.7 Å². The molecule has 1 aliphatic heterocycles. The minimum atomic E-state index is -0.218. The van der Waals surface area contributed by atoms with Crippen LogP contribution in [0.2, 0.25) is 0 Å². The van der Waals surface area contributed by atoms with Crippen LogP contribution in [-0.4, -0.2) is 56.3 Å². The maximum Gasteiger partial charge on any atom is 0.409 e. The summed E-state index contributed by atoms with van der Waals surface area (Å²) in [5.41, 5.74) is 1.16. The summed E-state index contributed by atoms with van der Waals surface area (Å²) >= 11 is 0. The fraction of sp³-hybridized carbons (Fsp3) is 0.619. The van der Waals surface area contributed by atoms with Crippen LogP contribution in [0.3, 0.4) is 0 Å². The Labute approximate surface area is 191 Å². The summed E-state index contributed by atoms with van der Waals surface area (Å²) in [4.78, 5) is 17.9. The van der Waals surface area contributed by atoms with E-state index < -0.39 is 0 Å². The van der Waals surface area contributed by atoms with Crippen molar-refractivity contribution in [1.82, 2.24) is 15.5 Å². The highest BCUT2D eigenvalue weighted by atomic mass is 127. The summed E-state index contributed by atoms with van der Waals surface area (Å²) in [6.07, 6.45) is 1.53. The maximum atomic E-state index is 11.8. The Kier molecular flexibility index (Phi) is 11.8. The summed E-state index contributed by atoms with van der Waals surface area (Å²) in [6, 6.07) is 8.42. The van der Waals surface area contributed by atoms with Crippen LogP contribution in [0.4, 0.5) is 4.79 Å². The van der Waals surface area contributed by atoms with Crippen molar-refractivity contribution >= 4 is 36.0 Å². The molecular formula is C21H35IN4O3. The first-order chi connectivity index (χ1) is 13.5. The molecule has 2 rings (SSSR count). The molecule has 7 nitrogen and oxygen atoms in total. The van der Waals surface area contributed by atoms with Gasteiger partial charge < -0.3 is 25.0 Å². The average molecular weight is 518 g/mol. The Bertz CT molecular complexity index is 629. The van der Waals surface area contributed by atoms with Crippen LogP contribution in [-0.2, 0) is 11.3 Å². The first kappa shape index (κ1) is 25.3. The van der Waals surface area contributed by atoms with Gasteiger partial charge in [-0.3, -0.25) is 4.99 Å². The van der Waals surface area contributed by atoms with Crippen molar-refractivity contribution < 1.29 is 14.3 Å². The molecule has 0 aromatic heterocycles. The van der Waals surface area contributed by atoms with E-state index in [1.165, 1.54) is 0 Å². The van der Waals surface area contributed by atoms with E-state index in [9.17, 15) is 4.79 Å². The third-order valence-electron chi connectivity index (χ3n) is 4.55. The zero-order valence-electron chi connectivity index (χ0n) is 17.9. The third kappa shape index (κ3) is 9.10. The molecule has 8 heteroatoms. The van der Waals surface area contributed by atoms with Crippen LogP contribution in [0.25, 0.3) is 0 Å². The average Bonchev–Trinajstić information content (AvgIpc) is 2.71. The predicted molar refractivity (Wildman–Crippen MR) is 127 cm³/mol. The molecule has 1 aliphatic rings. The number of hydrogen-bond acceptors (Lipinski definition) is 4. The highest BCUT2D eigenvalue weighted by Crippen LogP contribution is 2.14. The fourth-order valence-electron chi connectivity index (χ4n) is 2.96. The summed E-state index contributed by atoms with van der Waals surface area (Å²) in [5, 5.41) is 6.80. The van der Waals surface area contributed by atoms with Gasteiger partial charge in [-0.2, -0.15) is 0 Å². The van der Waals surface area contributed by atoms with Crippen molar-refractivity contribution in [1.29, 1.82) is 0 Å². The van der Waals surface area contributed by atoms with Gasteiger partial charge in [-0.15, -0.1) is 24.0 Å². The molecule has 1 aromatic carbocycles. The zero-order valence-corrected chi connectivity index (χ0v) is 20.3. The highest BCUT2D eigenvalue weighted by Gasteiger charge is 2.23. The van der Waals surface area contributed by atoms with Gasteiger partial charge in [-0.05, 0) is 43.4 Å². The number of carbonyl (C=O) groups excluding carboxylic acids is 1. The lowest BCUT2D eigenvalue weighted by Gasteiger charge is -2.32. The molecule has 1 fully saturated rings. The van der Waals surface area contributed by atoms with Crippen molar-refractivity contribution in [2.75, 3.05) is 33.4 Å². The van der Waals surface area contributed by atoms with Gasteiger partial charge in [0.25, 0.3) is 0 Å². The molecule has 0 bridgehead atoms. The molecule has 0 atom stereocenters. The molecule has 29 heavy (non-hydrogen) atoms. The van der Waals surface area contributed by atoms with Gasteiger partial charge in [0.15, 0.2) is 5.96 Å². The number of nitrogens with one attached hydrogen (secondary N) is 2. The molecule has 1 amide bonds. The van der Waals surface area contributed by atoms with Crippen LogP contribution in [0, 0.1) is 5.92 Å². The Hall–Kier alpha value is -1.71. The van der Waals surface area contributed by atoms with Crippen molar-refractivity contribution in [3.8, 4) is 5.75 Å². The van der Waals surface area contributed by atoms with Crippen molar-refractivity contribution in [2.24, 2.45) is 10.9 Å². The van der Waals surface area contributed by atoms with E-state index in [1.807, 2.05) is 19.1 Å². The van der Waals surface area contributed by atoms with Crippen molar-refractivity contribution in [2.45, 2.75) is 46.2 Å². The first-order valence-electron chi connectivity index (χ1n) is 10.1. The predicted octanol–water partition coefficient (Wildman–Crippen LogP) is 3.63. The minimum Gasteiger partial charge on any atom is -0.493 e. The normalized spacial score (nSPS) is 14.9. The van der Waals surface area contributed by atoms with Gasteiger partial charge >= 0.3 is 6.09 Å². The Morgan fingerprint density at radius 1 is 1.24 bits per heavy atom. The lowest BCUT2D eigenvalue weighted by molar-refractivity contribution is 0.0963. The van der Waals surface area contributed by atoms with E-state index in [0.29, 0.717) is 38.2 Å². The molecule has 0 unspecified atom stereocenters. The molecular weight excluding hydrogens is 483 g/mol. The number of halogens is 1. The zero-order chi connectivity index (χ0) is 20.4. The number of guanidine groups is 1. The number of nitrogens with zero attached hydrogens (tertiary/aromatic N) is 2. The number of amides is 1. The Morgan fingerprint density at radius 2 is 1.90 bits per heavy atom. The van der Waals surface area contributed by atoms with Crippen molar-refractivity contribution in [3.05, 3.63) is 29.8 Å². The van der Waals surface area contributed by atoms with E-state index in [1.54, 1.807) is 11.9 Å². The van der Waals surface area contributed by atoms with E-state index in [4.69, 9.17) is 9.47 Å². The van der Waals surface area contributed by atoms with E-state index in [2.05, 4.69) is 41.6 Å². The van der Waals surface area contributed by atoms with Gasteiger partial charge in [0.05, 0.1) is 13.2 Å². The van der Waals surface area contributed by atoms with E-state index in [-0.39, 0.29) is 30.1 Å². The highest BCUT2D eigenvalue weighted by molar-refractivity contribution is 14.0. The number of carbonyl (C=O) groups is 1. The number of hydrogen-bond donors (Lipinski definition) is 2. The lowest BCUT2D eigenvalue weighted by Crippen LogP contribution is -2.49. The Balaban J connectivity index is 0.00000420. The van der Waals surface area contributed by atoms with E-state index in [0.717, 1.165) is 36.7 Å². The third-order valence-corrected chi connectivity index (χ3v) is 4.55. The number of benzene rings is 1. The molecule has 2 N–H and O–H groups in total.